The second-order valence-corrected chi connectivity index (χ2v) is 3.09. The first-order chi connectivity index (χ1) is 6.81. The minimum Gasteiger partial charge on any atom is -0.296 e. The maximum Gasteiger partial charge on any atom is 0.335 e. The second-order valence-electron chi connectivity index (χ2n) is 3.09. The average molecular weight is 189 g/mol. The van der Waals surface area contributed by atoms with Crippen molar-refractivity contribution in [3.63, 3.8) is 0 Å². The highest BCUT2D eigenvalue weighted by molar-refractivity contribution is 5.77. The third-order valence-corrected chi connectivity index (χ3v) is 2.21. The van der Waals surface area contributed by atoms with E-state index in [4.69, 9.17) is 5.84 Å². The van der Waals surface area contributed by atoms with Crippen LogP contribution in [0, 0.1) is 0 Å². The molecule has 0 aliphatic carbocycles. The van der Waals surface area contributed by atoms with Crippen LogP contribution in [0.15, 0.2) is 30.5 Å². The summed E-state index contributed by atoms with van der Waals surface area (Å²) in [6.45, 7) is 0.565. The molecular formula is C10H11N3O. The number of hydrogen-bond acceptors (Lipinski definition) is 2. The van der Waals surface area contributed by atoms with Gasteiger partial charge in [0.2, 0.25) is 0 Å². The molecule has 2 amide bonds. The van der Waals surface area contributed by atoms with Gasteiger partial charge in [-0.2, -0.15) is 0 Å². The van der Waals surface area contributed by atoms with Crippen molar-refractivity contribution >= 4 is 12.1 Å². The van der Waals surface area contributed by atoms with Crippen molar-refractivity contribution in [3.8, 4) is 0 Å². The monoisotopic (exact) mass is 189 g/mol. The summed E-state index contributed by atoms with van der Waals surface area (Å²) in [5, 5.41) is 0. The number of nitrogens with two attached hydrogens (primary N) is 1. The maximum absolute atomic E-state index is 11.2. The van der Waals surface area contributed by atoms with Crippen LogP contribution in [0.25, 0.3) is 6.08 Å². The van der Waals surface area contributed by atoms with Gasteiger partial charge in [-0.3, -0.25) is 10.3 Å². The number of hydrogen-bond donors (Lipinski definition) is 2. The number of urea groups is 1. The zero-order valence-electron chi connectivity index (χ0n) is 7.60. The predicted octanol–water partition coefficient (Wildman–Crippen LogP) is 1.06. The van der Waals surface area contributed by atoms with Crippen molar-refractivity contribution in [2.45, 2.75) is 6.54 Å². The highest BCUT2D eigenvalue weighted by Gasteiger charge is 2.14. The minimum absolute atomic E-state index is 0.296. The van der Waals surface area contributed by atoms with E-state index < -0.39 is 0 Å². The molecule has 0 fully saturated rings. The van der Waals surface area contributed by atoms with E-state index in [9.17, 15) is 4.79 Å². The molecule has 1 aliphatic rings. The smallest absolute Gasteiger partial charge is 0.296 e. The van der Waals surface area contributed by atoms with Crippen molar-refractivity contribution in [1.29, 1.82) is 0 Å². The number of amides is 2. The summed E-state index contributed by atoms with van der Waals surface area (Å²) in [7, 11) is 0. The van der Waals surface area contributed by atoms with Gasteiger partial charge in [0.05, 0.1) is 6.54 Å². The molecular weight excluding hydrogens is 178 g/mol. The van der Waals surface area contributed by atoms with Crippen molar-refractivity contribution in [2.75, 3.05) is 0 Å². The Balaban J connectivity index is 2.25. The van der Waals surface area contributed by atoms with Gasteiger partial charge in [0.1, 0.15) is 0 Å². The molecule has 0 aromatic heterocycles. The molecule has 0 saturated heterocycles. The Morgan fingerprint density at radius 3 is 3.00 bits per heavy atom. The standard InChI is InChI=1S/C10H11N3O/c11-12-10(14)13-6-5-8-3-1-2-4-9(8)7-13/h1-6H,7,11H2,(H,12,14). The minimum atomic E-state index is -0.296. The molecule has 0 spiro atoms. The van der Waals surface area contributed by atoms with Gasteiger partial charge < -0.3 is 0 Å². The molecule has 72 valence electrons. The lowest BCUT2D eigenvalue weighted by Gasteiger charge is -2.22. The zero-order valence-corrected chi connectivity index (χ0v) is 7.60. The van der Waals surface area contributed by atoms with E-state index in [1.54, 1.807) is 6.20 Å². The number of fused-ring (bicyclic) bond motifs is 1. The Kier molecular flexibility index (Phi) is 2.20. The number of hydrazine groups is 1. The molecule has 1 aromatic carbocycles. The third-order valence-electron chi connectivity index (χ3n) is 2.21. The Morgan fingerprint density at radius 1 is 1.43 bits per heavy atom. The molecule has 2 rings (SSSR count). The molecule has 0 bridgehead atoms. The van der Waals surface area contributed by atoms with Crippen LogP contribution < -0.4 is 11.3 Å². The number of carbonyl (C=O) groups is 1. The molecule has 0 saturated carbocycles. The lowest BCUT2D eigenvalue weighted by Crippen LogP contribution is -2.40. The number of rotatable bonds is 0. The van der Waals surface area contributed by atoms with Crippen molar-refractivity contribution in [3.05, 3.63) is 41.6 Å². The molecule has 4 nitrogen and oxygen atoms in total. The zero-order chi connectivity index (χ0) is 9.97. The molecule has 1 heterocycles. The largest absolute Gasteiger partial charge is 0.335 e. The number of nitrogens with one attached hydrogen (secondary N) is 1. The summed E-state index contributed by atoms with van der Waals surface area (Å²) in [6, 6.07) is 7.65. The summed E-state index contributed by atoms with van der Waals surface area (Å²) in [5.41, 5.74) is 4.37. The van der Waals surface area contributed by atoms with Crippen molar-refractivity contribution < 1.29 is 4.79 Å². The van der Waals surface area contributed by atoms with Crippen LogP contribution in [0.2, 0.25) is 0 Å². The second kappa shape index (κ2) is 3.51. The van der Waals surface area contributed by atoms with Crippen LogP contribution in [0.3, 0.4) is 0 Å². The summed E-state index contributed by atoms with van der Waals surface area (Å²) < 4.78 is 0. The number of nitrogens with zero attached hydrogens (tertiary/aromatic N) is 1. The van der Waals surface area contributed by atoms with Crippen LogP contribution in [0.4, 0.5) is 4.79 Å². The third kappa shape index (κ3) is 1.47. The molecule has 3 N–H and O–H groups in total. The van der Waals surface area contributed by atoms with E-state index in [0.29, 0.717) is 6.54 Å². The van der Waals surface area contributed by atoms with Crippen LogP contribution in [-0.2, 0) is 6.54 Å². The summed E-state index contributed by atoms with van der Waals surface area (Å²) >= 11 is 0. The van der Waals surface area contributed by atoms with Crippen LogP contribution in [0.5, 0.6) is 0 Å². The Morgan fingerprint density at radius 2 is 2.21 bits per heavy atom. The lowest BCUT2D eigenvalue weighted by molar-refractivity contribution is 0.213. The van der Waals surface area contributed by atoms with Gasteiger partial charge in [-0.1, -0.05) is 24.3 Å². The Hall–Kier alpha value is -1.81. The summed E-state index contributed by atoms with van der Waals surface area (Å²) in [5.74, 6) is 5.05. The number of benzene rings is 1. The normalized spacial score (nSPS) is 13.6. The van der Waals surface area contributed by atoms with Crippen LogP contribution >= 0.6 is 0 Å². The van der Waals surface area contributed by atoms with Gasteiger partial charge in [-0.05, 0) is 17.2 Å². The van der Waals surface area contributed by atoms with Crippen molar-refractivity contribution in [1.82, 2.24) is 10.3 Å². The van der Waals surface area contributed by atoms with Gasteiger partial charge in [-0.15, -0.1) is 0 Å². The summed E-state index contributed by atoms with van der Waals surface area (Å²) in [6.07, 6.45) is 3.62. The Labute approximate surface area is 82.0 Å². The van der Waals surface area contributed by atoms with Gasteiger partial charge in [0, 0.05) is 6.20 Å². The molecule has 0 unspecified atom stereocenters. The van der Waals surface area contributed by atoms with Gasteiger partial charge in [-0.25, -0.2) is 10.6 Å². The lowest BCUT2D eigenvalue weighted by atomic mass is 10.0. The fourth-order valence-electron chi connectivity index (χ4n) is 1.47. The molecule has 1 aliphatic heterocycles. The fourth-order valence-corrected chi connectivity index (χ4v) is 1.47. The van der Waals surface area contributed by atoms with E-state index in [0.717, 1.165) is 11.1 Å². The first-order valence-corrected chi connectivity index (χ1v) is 4.34. The first-order valence-electron chi connectivity index (χ1n) is 4.34. The van der Waals surface area contributed by atoms with Crippen LogP contribution in [-0.4, -0.2) is 10.9 Å². The Bertz CT molecular complexity index is 387. The molecule has 1 aromatic rings. The van der Waals surface area contributed by atoms with E-state index >= 15 is 0 Å². The fraction of sp³-hybridized carbons (Fsp3) is 0.100. The van der Waals surface area contributed by atoms with E-state index in [1.165, 1.54) is 4.90 Å². The van der Waals surface area contributed by atoms with E-state index in [1.807, 2.05) is 30.3 Å². The van der Waals surface area contributed by atoms with Gasteiger partial charge in [0.25, 0.3) is 0 Å². The molecule has 14 heavy (non-hydrogen) atoms. The predicted molar refractivity (Wildman–Crippen MR) is 53.7 cm³/mol. The molecule has 0 atom stereocenters. The van der Waals surface area contributed by atoms with Crippen LogP contribution in [0.1, 0.15) is 11.1 Å². The maximum atomic E-state index is 11.2. The number of carbonyl (C=O) groups excluding carboxylic acids is 1. The van der Waals surface area contributed by atoms with Crippen molar-refractivity contribution in [2.24, 2.45) is 5.84 Å². The topological polar surface area (TPSA) is 58.4 Å². The summed E-state index contributed by atoms with van der Waals surface area (Å²) in [4.78, 5) is 12.7. The SMILES string of the molecule is NNC(=O)N1C=Cc2ccccc2C1. The highest BCUT2D eigenvalue weighted by atomic mass is 16.2. The average Bonchev–Trinajstić information content (AvgIpc) is 2.27. The molecule has 0 radical (unpaired) electrons. The quantitative estimate of drug-likeness (QED) is 0.364. The van der Waals surface area contributed by atoms with E-state index in [2.05, 4.69) is 5.43 Å². The molecule has 4 heteroatoms. The van der Waals surface area contributed by atoms with Gasteiger partial charge in [0.15, 0.2) is 0 Å². The van der Waals surface area contributed by atoms with E-state index in [-0.39, 0.29) is 6.03 Å². The highest BCUT2D eigenvalue weighted by Crippen LogP contribution is 2.18. The van der Waals surface area contributed by atoms with Gasteiger partial charge >= 0.3 is 6.03 Å². The first kappa shape index (κ1) is 8.77.